The largest absolute Gasteiger partial charge is 0.480 e. The number of hydrogen-bond acceptors (Lipinski definition) is 3. The molecule has 0 spiro atoms. The van der Waals surface area contributed by atoms with Crippen molar-refractivity contribution in [2.24, 2.45) is 5.41 Å². The van der Waals surface area contributed by atoms with E-state index in [0.29, 0.717) is 6.04 Å². The summed E-state index contributed by atoms with van der Waals surface area (Å²) in [6, 6.07) is 0.413. The van der Waals surface area contributed by atoms with Crippen LogP contribution in [0.3, 0.4) is 0 Å². The maximum Gasteiger partial charge on any atom is 0.324 e. The van der Waals surface area contributed by atoms with Crippen LogP contribution in [-0.4, -0.2) is 45.6 Å². The Bertz CT molecular complexity index is 345. The highest BCUT2D eigenvalue weighted by Gasteiger charge is 2.52. The third-order valence-corrected chi connectivity index (χ3v) is 6.09. The molecule has 2 rings (SSSR count). The SMILES string of the molecule is CCCC1(C(=O)O)CCCN1C1CSCCC1(C)C. The van der Waals surface area contributed by atoms with Gasteiger partial charge in [-0.15, -0.1) is 0 Å². The molecule has 3 nitrogen and oxygen atoms in total. The molecule has 1 N–H and O–H groups in total. The van der Waals surface area contributed by atoms with Gasteiger partial charge in [-0.3, -0.25) is 9.69 Å². The van der Waals surface area contributed by atoms with Crippen molar-refractivity contribution in [1.29, 1.82) is 0 Å². The van der Waals surface area contributed by atoms with Gasteiger partial charge in [-0.25, -0.2) is 0 Å². The molecule has 4 heteroatoms. The summed E-state index contributed by atoms with van der Waals surface area (Å²) in [4.78, 5) is 14.3. The minimum Gasteiger partial charge on any atom is -0.480 e. The van der Waals surface area contributed by atoms with Gasteiger partial charge in [-0.2, -0.15) is 11.8 Å². The van der Waals surface area contributed by atoms with Gasteiger partial charge < -0.3 is 5.11 Å². The van der Waals surface area contributed by atoms with Crippen LogP contribution in [0.15, 0.2) is 0 Å². The predicted octanol–water partition coefficient (Wildman–Crippen LogP) is 3.24. The van der Waals surface area contributed by atoms with Gasteiger partial charge in [0.2, 0.25) is 0 Å². The molecular weight excluding hydrogens is 258 g/mol. The number of rotatable bonds is 4. The lowest BCUT2D eigenvalue weighted by molar-refractivity contribution is -0.153. The number of likely N-dealkylation sites (tertiary alicyclic amines) is 1. The lowest BCUT2D eigenvalue weighted by Crippen LogP contribution is -2.60. The molecule has 0 aromatic carbocycles. The maximum absolute atomic E-state index is 11.9. The summed E-state index contributed by atoms with van der Waals surface area (Å²) in [6.07, 6.45) is 4.79. The van der Waals surface area contributed by atoms with Crippen LogP contribution in [0.2, 0.25) is 0 Å². The first kappa shape index (κ1) is 15.2. The zero-order valence-electron chi connectivity index (χ0n) is 12.4. The van der Waals surface area contributed by atoms with Crippen molar-refractivity contribution in [2.75, 3.05) is 18.1 Å². The van der Waals surface area contributed by atoms with Crippen molar-refractivity contribution >= 4 is 17.7 Å². The average Bonchev–Trinajstić information content (AvgIpc) is 2.74. The second-order valence-corrected chi connectivity index (χ2v) is 7.86. The van der Waals surface area contributed by atoms with Crippen molar-refractivity contribution in [3.8, 4) is 0 Å². The molecule has 2 unspecified atom stereocenters. The van der Waals surface area contributed by atoms with E-state index >= 15 is 0 Å². The molecule has 2 heterocycles. The second-order valence-electron chi connectivity index (χ2n) is 6.71. The van der Waals surface area contributed by atoms with E-state index in [1.807, 2.05) is 11.8 Å². The van der Waals surface area contributed by atoms with E-state index in [-0.39, 0.29) is 5.41 Å². The van der Waals surface area contributed by atoms with Crippen molar-refractivity contribution in [1.82, 2.24) is 4.90 Å². The Balaban J connectivity index is 2.28. The van der Waals surface area contributed by atoms with Crippen LogP contribution in [0.5, 0.6) is 0 Å². The Labute approximate surface area is 121 Å². The smallest absolute Gasteiger partial charge is 0.324 e. The van der Waals surface area contributed by atoms with Gasteiger partial charge in [0.1, 0.15) is 5.54 Å². The second kappa shape index (κ2) is 5.65. The van der Waals surface area contributed by atoms with E-state index in [0.717, 1.165) is 38.0 Å². The zero-order chi connectivity index (χ0) is 14.1. The van der Waals surface area contributed by atoms with Crippen molar-refractivity contribution < 1.29 is 9.90 Å². The topological polar surface area (TPSA) is 40.5 Å². The summed E-state index contributed by atoms with van der Waals surface area (Å²) in [5, 5.41) is 9.82. The van der Waals surface area contributed by atoms with Crippen LogP contribution in [0, 0.1) is 5.41 Å². The number of carboxylic acid groups (broad SMARTS) is 1. The van der Waals surface area contributed by atoms with Crippen molar-refractivity contribution in [3.05, 3.63) is 0 Å². The number of carboxylic acids is 1. The van der Waals surface area contributed by atoms with E-state index in [1.165, 1.54) is 12.2 Å². The molecule has 0 amide bonds. The fraction of sp³-hybridized carbons (Fsp3) is 0.933. The molecule has 2 atom stereocenters. The molecule has 0 aromatic heterocycles. The molecule has 110 valence electrons. The molecule has 2 saturated heterocycles. The monoisotopic (exact) mass is 285 g/mol. The molecule has 2 aliphatic rings. The first-order valence-electron chi connectivity index (χ1n) is 7.52. The molecule has 0 aliphatic carbocycles. The van der Waals surface area contributed by atoms with E-state index < -0.39 is 11.5 Å². The Morgan fingerprint density at radius 3 is 2.74 bits per heavy atom. The van der Waals surface area contributed by atoms with Gasteiger partial charge in [-0.05, 0) is 43.4 Å². The van der Waals surface area contributed by atoms with Crippen LogP contribution < -0.4 is 0 Å². The van der Waals surface area contributed by atoms with Gasteiger partial charge in [0, 0.05) is 11.8 Å². The van der Waals surface area contributed by atoms with E-state index in [9.17, 15) is 9.90 Å². The Morgan fingerprint density at radius 2 is 2.16 bits per heavy atom. The van der Waals surface area contributed by atoms with E-state index in [2.05, 4.69) is 25.7 Å². The maximum atomic E-state index is 11.9. The standard InChI is InChI=1S/C15H27NO2S/c1-4-6-15(13(17)18)7-5-9-16(15)12-11-19-10-8-14(12,2)3/h12H,4-11H2,1-3H3,(H,17,18). The van der Waals surface area contributed by atoms with Crippen LogP contribution >= 0.6 is 11.8 Å². The molecule has 0 aromatic rings. The predicted molar refractivity (Wildman–Crippen MR) is 80.7 cm³/mol. The molecule has 0 bridgehead atoms. The lowest BCUT2D eigenvalue weighted by atomic mass is 9.79. The van der Waals surface area contributed by atoms with Crippen LogP contribution in [-0.2, 0) is 4.79 Å². The molecule has 0 radical (unpaired) electrons. The van der Waals surface area contributed by atoms with Gasteiger partial charge in [0.15, 0.2) is 0 Å². The first-order valence-corrected chi connectivity index (χ1v) is 8.67. The molecule has 2 aliphatic heterocycles. The Kier molecular flexibility index (Phi) is 4.51. The highest BCUT2D eigenvalue weighted by Crippen LogP contribution is 2.44. The van der Waals surface area contributed by atoms with Crippen LogP contribution in [0.1, 0.15) is 52.9 Å². The van der Waals surface area contributed by atoms with E-state index in [4.69, 9.17) is 0 Å². The number of hydrogen-bond donors (Lipinski definition) is 1. The number of nitrogens with zero attached hydrogens (tertiary/aromatic N) is 1. The summed E-state index contributed by atoms with van der Waals surface area (Å²) in [6.45, 7) is 7.69. The fourth-order valence-electron chi connectivity index (χ4n) is 3.81. The zero-order valence-corrected chi connectivity index (χ0v) is 13.3. The van der Waals surface area contributed by atoms with Crippen molar-refractivity contribution in [3.63, 3.8) is 0 Å². The number of aliphatic carboxylic acids is 1. The molecule has 0 saturated carbocycles. The summed E-state index contributed by atoms with van der Waals surface area (Å²) in [7, 11) is 0. The third kappa shape index (κ3) is 2.66. The average molecular weight is 285 g/mol. The van der Waals surface area contributed by atoms with Crippen LogP contribution in [0.25, 0.3) is 0 Å². The van der Waals surface area contributed by atoms with Gasteiger partial charge in [-0.1, -0.05) is 27.2 Å². The molecule has 19 heavy (non-hydrogen) atoms. The first-order chi connectivity index (χ1) is 8.94. The Morgan fingerprint density at radius 1 is 1.42 bits per heavy atom. The number of thioether (sulfide) groups is 1. The lowest BCUT2D eigenvalue weighted by Gasteiger charge is -2.49. The van der Waals surface area contributed by atoms with Gasteiger partial charge in [0.05, 0.1) is 0 Å². The van der Waals surface area contributed by atoms with E-state index in [1.54, 1.807) is 0 Å². The minimum absolute atomic E-state index is 0.240. The molecular formula is C15H27NO2S. The highest BCUT2D eigenvalue weighted by atomic mass is 32.2. The van der Waals surface area contributed by atoms with Gasteiger partial charge >= 0.3 is 5.97 Å². The normalized spacial score (nSPS) is 35.4. The Hall–Kier alpha value is -0.220. The quantitative estimate of drug-likeness (QED) is 0.861. The number of carbonyl (C=O) groups is 1. The van der Waals surface area contributed by atoms with Gasteiger partial charge in [0.25, 0.3) is 0 Å². The molecule has 2 fully saturated rings. The van der Waals surface area contributed by atoms with Crippen molar-refractivity contribution in [2.45, 2.75) is 64.5 Å². The highest BCUT2D eigenvalue weighted by molar-refractivity contribution is 7.99. The summed E-state index contributed by atoms with van der Waals surface area (Å²) in [5.74, 6) is 1.70. The minimum atomic E-state index is -0.599. The third-order valence-electron chi connectivity index (χ3n) is 5.05. The van der Waals surface area contributed by atoms with Crippen LogP contribution in [0.4, 0.5) is 0 Å². The fourth-order valence-corrected chi connectivity index (χ4v) is 5.50. The summed E-state index contributed by atoms with van der Waals surface area (Å²) < 4.78 is 0. The summed E-state index contributed by atoms with van der Waals surface area (Å²) >= 11 is 1.99. The summed E-state index contributed by atoms with van der Waals surface area (Å²) in [5.41, 5.74) is -0.349.